The van der Waals surface area contributed by atoms with Crippen molar-refractivity contribution in [1.29, 1.82) is 0 Å². The number of amides is 1. The molecule has 0 saturated heterocycles. The average Bonchev–Trinajstić information content (AvgIpc) is 2.68. The first-order valence-electron chi connectivity index (χ1n) is 8.06. The largest absolute Gasteiger partial charge is 0.489 e. The van der Waals surface area contributed by atoms with Crippen LogP contribution in [0, 0.1) is 5.82 Å². The lowest BCUT2D eigenvalue weighted by atomic mass is 10.2. The fourth-order valence-electron chi connectivity index (χ4n) is 2.22. The Kier molecular flexibility index (Phi) is 5.72. The van der Waals surface area contributed by atoms with Crippen LogP contribution < -0.4 is 10.2 Å². The Hall–Kier alpha value is -3.47. The Morgan fingerprint density at radius 2 is 1.65 bits per heavy atom. The van der Waals surface area contributed by atoms with Gasteiger partial charge in [-0.05, 0) is 59.7 Å². The second-order valence-electron chi connectivity index (χ2n) is 5.55. The van der Waals surface area contributed by atoms with E-state index < -0.39 is 5.91 Å². The molecule has 0 bridgehead atoms. The molecule has 1 N–H and O–H groups in total. The van der Waals surface area contributed by atoms with Crippen molar-refractivity contribution in [2.75, 3.05) is 0 Å². The quantitative estimate of drug-likeness (QED) is 0.537. The number of benzene rings is 3. The number of carbonyl (C=O) groups is 1. The highest BCUT2D eigenvalue weighted by molar-refractivity contribution is 5.94. The molecule has 0 fully saturated rings. The van der Waals surface area contributed by atoms with Gasteiger partial charge in [0.05, 0.1) is 6.21 Å². The zero-order valence-electron chi connectivity index (χ0n) is 13.9. The second kappa shape index (κ2) is 8.58. The number of hydrazone groups is 1. The van der Waals surface area contributed by atoms with Gasteiger partial charge in [0.15, 0.2) is 0 Å². The Morgan fingerprint density at radius 3 is 2.35 bits per heavy atom. The molecule has 0 aliphatic rings. The summed E-state index contributed by atoms with van der Waals surface area (Å²) in [5, 5.41) is 3.90. The van der Waals surface area contributed by atoms with Gasteiger partial charge in [0.2, 0.25) is 0 Å². The molecule has 5 heteroatoms. The monoisotopic (exact) mass is 348 g/mol. The van der Waals surface area contributed by atoms with E-state index in [1.807, 2.05) is 54.6 Å². The van der Waals surface area contributed by atoms with Gasteiger partial charge in [-0.2, -0.15) is 5.10 Å². The van der Waals surface area contributed by atoms with Crippen molar-refractivity contribution >= 4 is 12.1 Å². The molecule has 0 aromatic heterocycles. The first-order valence-corrected chi connectivity index (χ1v) is 8.06. The minimum Gasteiger partial charge on any atom is -0.489 e. The molecular weight excluding hydrogens is 331 g/mol. The van der Waals surface area contributed by atoms with Gasteiger partial charge in [-0.25, -0.2) is 9.82 Å². The van der Waals surface area contributed by atoms with Crippen molar-refractivity contribution in [1.82, 2.24) is 5.43 Å². The summed E-state index contributed by atoms with van der Waals surface area (Å²) in [6, 6.07) is 22.5. The molecular formula is C21H17FN2O2. The van der Waals surface area contributed by atoms with Gasteiger partial charge in [-0.15, -0.1) is 0 Å². The zero-order chi connectivity index (χ0) is 18.2. The highest BCUT2D eigenvalue weighted by Crippen LogP contribution is 2.13. The summed E-state index contributed by atoms with van der Waals surface area (Å²) in [4.78, 5) is 11.9. The fraction of sp³-hybridized carbons (Fsp3) is 0.0476. The minimum atomic E-state index is -0.399. The molecule has 3 aromatic carbocycles. The minimum absolute atomic E-state index is 0.341. The first kappa shape index (κ1) is 17.4. The van der Waals surface area contributed by atoms with Crippen LogP contribution in [-0.4, -0.2) is 12.1 Å². The molecule has 26 heavy (non-hydrogen) atoms. The summed E-state index contributed by atoms with van der Waals surface area (Å²) in [5.74, 6) is -0.0370. The van der Waals surface area contributed by atoms with E-state index >= 15 is 0 Å². The van der Waals surface area contributed by atoms with Crippen molar-refractivity contribution in [2.45, 2.75) is 6.61 Å². The van der Waals surface area contributed by atoms with E-state index in [2.05, 4.69) is 10.5 Å². The Labute approximate surface area is 150 Å². The normalized spacial score (nSPS) is 10.7. The summed E-state index contributed by atoms with van der Waals surface area (Å²) >= 11 is 0. The Balaban J connectivity index is 1.51. The Bertz CT molecular complexity index is 876. The number of nitrogens with one attached hydrogen (secondary N) is 1. The number of hydrogen-bond acceptors (Lipinski definition) is 3. The number of halogens is 1. The fourth-order valence-corrected chi connectivity index (χ4v) is 2.22. The molecule has 0 unspecified atom stereocenters. The Morgan fingerprint density at radius 1 is 0.962 bits per heavy atom. The number of ether oxygens (including phenoxy) is 1. The van der Waals surface area contributed by atoms with Crippen LogP contribution in [0.3, 0.4) is 0 Å². The molecule has 0 atom stereocenters. The van der Waals surface area contributed by atoms with Crippen molar-refractivity contribution in [3.05, 3.63) is 101 Å². The third-order valence-corrected chi connectivity index (χ3v) is 3.61. The van der Waals surface area contributed by atoms with Gasteiger partial charge in [-0.1, -0.05) is 30.3 Å². The molecule has 3 rings (SSSR count). The van der Waals surface area contributed by atoms with Gasteiger partial charge in [-0.3, -0.25) is 4.79 Å². The summed E-state index contributed by atoms with van der Waals surface area (Å²) in [5.41, 5.74) is 4.66. The lowest BCUT2D eigenvalue weighted by Gasteiger charge is -2.06. The maximum absolute atomic E-state index is 12.8. The maximum atomic E-state index is 12.8. The molecule has 0 radical (unpaired) electrons. The highest BCUT2D eigenvalue weighted by Gasteiger charge is 2.03. The summed E-state index contributed by atoms with van der Waals surface area (Å²) in [7, 11) is 0. The van der Waals surface area contributed by atoms with Crippen molar-refractivity contribution in [3.8, 4) is 5.75 Å². The molecule has 0 spiro atoms. The summed E-state index contributed by atoms with van der Waals surface area (Å²) < 4.78 is 18.5. The van der Waals surface area contributed by atoms with Crippen LogP contribution in [0.15, 0.2) is 84.0 Å². The number of nitrogens with zero attached hydrogens (tertiary/aromatic N) is 1. The van der Waals surface area contributed by atoms with E-state index in [9.17, 15) is 9.18 Å². The van der Waals surface area contributed by atoms with Crippen LogP contribution in [0.25, 0.3) is 0 Å². The van der Waals surface area contributed by atoms with Gasteiger partial charge < -0.3 is 4.74 Å². The number of carbonyl (C=O) groups excluding carboxylic acids is 1. The van der Waals surface area contributed by atoms with Crippen LogP contribution in [0.4, 0.5) is 4.39 Å². The predicted molar refractivity (Wildman–Crippen MR) is 98.7 cm³/mol. The molecule has 130 valence electrons. The third kappa shape index (κ3) is 5.01. The SMILES string of the molecule is O=C(NN=Cc1ccc(OCc2ccccc2)cc1)c1ccc(F)cc1. The zero-order valence-corrected chi connectivity index (χ0v) is 13.9. The summed E-state index contributed by atoms with van der Waals surface area (Å²) in [6.07, 6.45) is 1.53. The molecule has 1 amide bonds. The molecule has 0 aliphatic heterocycles. The molecule has 0 saturated carbocycles. The van der Waals surface area contributed by atoms with Gasteiger partial charge in [0.1, 0.15) is 18.2 Å². The van der Waals surface area contributed by atoms with E-state index in [1.54, 1.807) is 0 Å². The average molecular weight is 348 g/mol. The van der Waals surface area contributed by atoms with E-state index in [0.717, 1.165) is 16.9 Å². The van der Waals surface area contributed by atoms with Crippen LogP contribution in [0.1, 0.15) is 21.5 Å². The smallest absolute Gasteiger partial charge is 0.271 e. The van der Waals surface area contributed by atoms with Crippen LogP contribution in [0.2, 0.25) is 0 Å². The van der Waals surface area contributed by atoms with Crippen molar-refractivity contribution in [2.24, 2.45) is 5.10 Å². The summed E-state index contributed by atoms with van der Waals surface area (Å²) in [6.45, 7) is 0.502. The first-order chi connectivity index (χ1) is 12.7. The lowest BCUT2D eigenvalue weighted by Crippen LogP contribution is -2.17. The second-order valence-corrected chi connectivity index (χ2v) is 5.55. The highest BCUT2D eigenvalue weighted by atomic mass is 19.1. The topological polar surface area (TPSA) is 50.7 Å². The number of hydrogen-bond donors (Lipinski definition) is 1. The van der Waals surface area contributed by atoms with Crippen LogP contribution >= 0.6 is 0 Å². The van der Waals surface area contributed by atoms with Gasteiger partial charge in [0.25, 0.3) is 5.91 Å². The van der Waals surface area contributed by atoms with Gasteiger partial charge >= 0.3 is 0 Å². The van der Waals surface area contributed by atoms with Gasteiger partial charge in [0, 0.05) is 5.56 Å². The third-order valence-electron chi connectivity index (χ3n) is 3.61. The van der Waals surface area contributed by atoms with Crippen molar-refractivity contribution < 1.29 is 13.9 Å². The predicted octanol–water partition coefficient (Wildman–Crippen LogP) is 4.17. The molecule has 0 aliphatic carbocycles. The maximum Gasteiger partial charge on any atom is 0.271 e. The van der Waals surface area contributed by atoms with E-state index in [1.165, 1.54) is 30.5 Å². The molecule has 3 aromatic rings. The molecule has 4 nitrogen and oxygen atoms in total. The van der Waals surface area contributed by atoms with Crippen LogP contribution in [-0.2, 0) is 6.61 Å². The molecule has 0 heterocycles. The lowest BCUT2D eigenvalue weighted by molar-refractivity contribution is 0.0955. The van der Waals surface area contributed by atoms with Crippen molar-refractivity contribution in [3.63, 3.8) is 0 Å². The number of rotatable bonds is 6. The van der Waals surface area contributed by atoms with E-state index in [4.69, 9.17) is 4.74 Å². The van der Waals surface area contributed by atoms with Crippen LogP contribution in [0.5, 0.6) is 5.75 Å². The van der Waals surface area contributed by atoms with E-state index in [0.29, 0.717) is 12.2 Å². The van der Waals surface area contributed by atoms with E-state index in [-0.39, 0.29) is 5.82 Å². The standard InChI is InChI=1S/C21H17FN2O2/c22-19-10-8-18(9-11-19)21(25)24-23-14-16-6-12-20(13-7-16)26-15-17-4-2-1-3-5-17/h1-14H,15H2,(H,24,25).